The molecule has 0 spiro atoms. The first-order valence-electron chi connectivity index (χ1n) is 9.53. The average Bonchev–Trinajstić information content (AvgIpc) is 3.28. The quantitative estimate of drug-likeness (QED) is 0.595. The summed E-state index contributed by atoms with van der Waals surface area (Å²) >= 11 is 1.86. The van der Waals surface area contributed by atoms with E-state index in [0.29, 0.717) is 18.8 Å². The van der Waals surface area contributed by atoms with E-state index in [1.165, 1.54) is 20.5 Å². The smallest absolute Gasteiger partial charge is 0.216 e. The highest BCUT2D eigenvalue weighted by Crippen LogP contribution is 2.41. The van der Waals surface area contributed by atoms with Crippen LogP contribution in [0.15, 0.2) is 42.6 Å². The molecule has 3 aromatic rings. The van der Waals surface area contributed by atoms with E-state index in [1.807, 2.05) is 17.4 Å². The predicted molar refractivity (Wildman–Crippen MR) is 110 cm³/mol. The minimum Gasteiger partial charge on any atom is -0.481 e. The lowest BCUT2D eigenvalue weighted by Gasteiger charge is -2.18. The van der Waals surface area contributed by atoms with Gasteiger partial charge in [-0.1, -0.05) is 31.2 Å². The number of likely N-dealkylation sites (tertiary alicyclic amines) is 1. The summed E-state index contributed by atoms with van der Waals surface area (Å²) in [4.78, 5) is 8.02. The van der Waals surface area contributed by atoms with Crippen LogP contribution in [0.4, 0.5) is 4.39 Å². The highest BCUT2D eigenvalue weighted by molar-refractivity contribution is 7.19. The van der Waals surface area contributed by atoms with Crippen molar-refractivity contribution in [1.29, 1.82) is 0 Å². The van der Waals surface area contributed by atoms with Crippen LogP contribution in [0.3, 0.4) is 0 Å². The maximum atomic E-state index is 13.5. The minimum atomic E-state index is -0.662. The number of hydrogen-bond donors (Lipinski definition) is 0. The number of methoxy groups -OCH3 is 1. The summed E-state index contributed by atoms with van der Waals surface area (Å²) in [5, 5.41) is 1.31. The number of pyridine rings is 1. The van der Waals surface area contributed by atoms with Crippen molar-refractivity contribution in [2.24, 2.45) is 0 Å². The van der Waals surface area contributed by atoms with Crippen LogP contribution < -0.4 is 4.74 Å². The summed E-state index contributed by atoms with van der Waals surface area (Å²) in [6, 6.07) is 12.7. The minimum absolute atomic E-state index is 0.187. The molecule has 5 heteroatoms. The standard InChI is InChI=1S/C22H25FN2OS/c1-15(17-7-5-11-24-22(17)26-2)21-18-6-3-4-8-19(18)27-20(21)10-13-25-12-9-16(23)14-25/h3-8,11,15-16H,9-10,12-14H2,1-2H3/t15?,16-/m0/s1. The summed E-state index contributed by atoms with van der Waals surface area (Å²) in [5.41, 5.74) is 2.47. The number of benzene rings is 1. The van der Waals surface area contributed by atoms with Gasteiger partial charge in [0, 0.05) is 46.9 Å². The summed E-state index contributed by atoms with van der Waals surface area (Å²) in [6.07, 6.45) is 2.73. The molecule has 3 nitrogen and oxygen atoms in total. The number of nitrogens with zero attached hydrogens (tertiary/aromatic N) is 2. The van der Waals surface area contributed by atoms with Crippen molar-refractivity contribution in [3.8, 4) is 5.88 Å². The lowest BCUT2D eigenvalue weighted by atomic mass is 9.90. The largest absolute Gasteiger partial charge is 0.481 e. The van der Waals surface area contributed by atoms with Gasteiger partial charge in [0.15, 0.2) is 0 Å². The first kappa shape index (κ1) is 18.4. The van der Waals surface area contributed by atoms with Crippen LogP contribution in [0.5, 0.6) is 5.88 Å². The number of rotatable bonds is 6. The molecule has 0 saturated carbocycles. The molecule has 1 fully saturated rings. The Bertz CT molecular complexity index is 926. The van der Waals surface area contributed by atoms with Crippen molar-refractivity contribution >= 4 is 21.4 Å². The Morgan fingerprint density at radius 2 is 2.15 bits per heavy atom. The molecule has 1 unspecified atom stereocenters. The second-order valence-electron chi connectivity index (χ2n) is 7.20. The zero-order chi connectivity index (χ0) is 18.8. The molecule has 0 bridgehead atoms. The molecular formula is C22H25FN2OS. The Hall–Kier alpha value is -1.98. The van der Waals surface area contributed by atoms with Crippen LogP contribution in [0.25, 0.3) is 10.1 Å². The van der Waals surface area contributed by atoms with Gasteiger partial charge in [0.1, 0.15) is 6.17 Å². The SMILES string of the molecule is COc1ncccc1C(C)c1c(CCN2CC[C@H](F)C2)sc2ccccc12. The van der Waals surface area contributed by atoms with Crippen molar-refractivity contribution in [2.45, 2.75) is 31.9 Å². The number of alkyl halides is 1. The van der Waals surface area contributed by atoms with Crippen LogP contribution >= 0.6 is 11.3 Å². The molecule has 0 radical (unpaired) electrons. The molecule has 1 aliphatic heterocycles. The van der Waals surface area contributed by atoms with Gasteiger partial charge in [0.25, 0.3) is 0 Å². The fraction of sp³-hybridized carbons (Fsp3) is 0.409. The molecule has 2 aromatic heterocycles. The van der Waals surface area contributed by atoms with Gasteiger partial charge in [0.2, 0.25) is 5.88 Å². The molecular weight excluding hydrogens is 359 g/mol. The zero-order valence-corrected chi connectivity index (χ0v) is 16.6. The van der Waals surface area contributed by atoms with Gasteiger partial charge >= 0.3 is 0 Å². The number of halogens is 1. The first-order chi connectivity index (χ1) is 13.2. The fourth-order valence-electron chi connectivity index (χ4n) is 4.08. The normalized spacial score (nSPS) is 18.9. The Morgan fingerprint density at radius 1 is 1.30 bits per heavy atom. The monoisotopic (exact) mass is 384 g/mol. The molecule has 0 amide bonds. The molecule has 4 rings (SSSR count). The highest BCUT2D eigenvalue weighted by Gasteiger charge is 2.24. The second-order valence-corrected chi connectivity index (χ2v) is 8.33. The van der Waals surface area contributed by atoms with Crippen LogP contribution in [0, 0.1) is 0 Å². The van der Waals surface area contributed by atoms with E-state index in [4.69, 9.17) is 4.74 Å². The Balaban J connectivity index is 1.69. The maximum absolute atomic E-state index is 13.5. The summed E-state index contributed by atoms with van der Waals surface area (Å²) in [5.74, 6) is 0.873. The van der Waals surface area contributed by atoms with E-state index in [-0.39, 0.29) is 5.92 Å². The van der Waals surface area contributed by atoms with Gasteiger partial charge in [-0.2, -0.15) is 0 Å². The molecule has 142 valence electrons. The zero-order valence-electron chi connectivity index (χ0n) is 15.8. The lowest BCUT2D eigenvalue weighted by Crippen LogP contribution is -2.23. The molecule has 1 aliphatic rings. The lowest BCUT2D eigenvalue weighted by molar-refractivity contribution is 0.290. The van der Waals surface area contributed by atoms with Crippen LogP contribution in [0.1, 0.15) is 35.3 Å². The molecule has 0 N–H and O–H groups in total. The van der Waals surface area contributed by atoms with Gasteiger partial charge in [-0.05, 0) is 35.9 Å². The Kier molecular flexibility index (Phi) is 5.41. The van der Waals surface area contributed by atoms with Crippen molar-refractivity contribution in [1.82, 2.24) is 9.88 Å². The number of hydrogen-bond acceptors (Lipinski definition) is 4. The topological polar surface area (TPSA) is 25.4 Å². The van der Waals surface area contributed by atoms with E-state index in [9.17, 15) is 4.39 Å². The number of ether oxygens (including phenoxy) is 1. The average molecular weight is 385 g/mol. The first-order valence-corrected chi connectivity index (χ1v) is 10.3. The van der Waals surface area contributed by atoms with Crippen molar-refractivity contribution < 1.29 is 9.13 Å². The van der Waals surface area contributed by atoms with E-state index in [2.05, 4.69) is 47.1 Å². The van der Waals surface area contributed by atoms with E-state index >= 15 is 0 Å². The van der Waals surface area contributed by atoms with Crippen molar-refractivity contribution in [3.05, 3.63) is 58.6 Å². The number of aromatic nitrogens is 1. The number of thiophene rings is 1. The third-order valence-corrected chi connectivity index (χ3v) is 6.72. The Morgan fingerprint density at radius 3 is 2.93 bits per heavy atom. The number of fused-ring (bicyclic) bond motifs is 1. The maximum Gasteiger partial charge on any atom is 0.216 e. The van der Waals surface area contributed by atoms with Gasteiger partial charge in [-0.15, -0.1) is 11.3 Å². The molecule has 1 aromatic carbocycles. The summed E-state index contributed by atoms with van der Waals surface area (Å²) < 4.78 is 20.3. The molecule has 27 heavy (non-hydrogen) atoms. The summed E-state index contributed by atoms with van der Waals surface area (Å²) in [7, 11) is 1.67. The van der Waals surface area contributed by atoms with Gasteiger partial charge < -0.3 is 4.74 Å². The third-order valence-electron chi connectivity index (χ3n) is 5.47. The second kappa shape index (κ2) is 7.95. The molecule has 2 atom stereocenters. The molecule has 0 aliphatic carbocycles. The van der Waals surface area contributed by atoms with Crippen molar-refractivity contribution in [3.63, 3.8) is 0 Å². The van der Waals surface area contributed by atoms with Crippen LogP contribution in [-0.4, -0.2) is 42.8 Å². The van der Waals surface area contributed by atoms with Crippen LogP contribution in [-0.2, 0) is 6.42 Å². The summed E-state index contributed by atoms with van der Waals surface area (Å²) in [6.45, 7) is 4.59. The fourth-order valence-corrected chi connectivity index (χ4v) is 5.37. The third kappa shape index (κ3) is 3.71. The predicted octanol–water partition coefficient (Wildman–Crippen LogP) is 5.04. The van der Waals surface area contributed by atoms with Crippen LogP contribution in [0.2, 0.25) is 0 Å². The van der Waals surface area contributed by atoms with E-state index in [0.717, 1.165) is 25.1 Å². The van der Waals surface area contributed by atoms with Gasteiger partial charge in [0.05, 0.1) is 7.11 Å². The van der Waals surface area contributed by atoms with Crippen molar-refractivity contribution in [2.75, 3.05) is 26.7 Å². The van der Waals surface area contributed by atoms with E-state index in [1.54, 1.807) is 13.3 Å². The molecule has 1 saturated heterocycles. The Labute approximate surface area is 163 Å². The van der Waals surface area contributed by atoms with E-state index < -0.39 is 6.17 Å². The molecule has 3 heterocycles. The highest BCUT2D eigenvalue weighted by atomic mass is 32.1. The van der Waals surface area contributed by atoms with Gasteiger partial charge in [-0.25, -0.2) is 9.37 Å². The van der Waals surface area contributed by atoms with Gasteiger partial charge in [-0.3, -0.25) is 4.90 Å².